The number of methoxy groups -OCH3 is 1. The van der Waals surface area contributed by atoms with Crippen molar-refractivity contribution in [2.45, 2.75) is 19.3 Å². The summed E-state index contributed by atoms with van der Waals surface area (Å²) in [6.07, 6.45) is 3.09. The first-order valence-electron chi connectivity index (χ1n) is 8.56. The highest BCUT2D eigenvalue weighted by atomic mass is 127. The van der Waals surface area contributed by atoms with E-state index in [4.69, 9.17) is 9.47 Å². The molecule has 0 aromatic heterocycles. The van der Waals surface area contributed by atoms with Gasteiger partial charge in [0.2, 0.25) is 0 Å². The highest BCUT2D eigenvalue weighted by Gasteiger charge is 2.24. The molecule has 0 radical (unpaired) electrons. The Kier molecular flexibility index (Phi) is 10.8. The molecule has 1 saturated heterocycles. The predicted molar refractivity (Wildman–Crippen MR) is 109 cm³/mol. The van der Waals surface area contributed by atoms with E-state index in [0.717, 1.165) is 51.5 Å². The summed E-state index contributed by atoms with van der Waals surface area (Å²) in [4.78, 5) is 6.65. The van der Waals surface area contributed by atoms with Crippen LogP contribution >= 0.6 is 24.0 Å². The molecular weight excluding hydrogens is 436 g/mol. The van der Waals surface area contributed by atoms with Crippen molar-refractivity contribution in [3.63, 3.8) is 0 Å². The van der Waals surface area contributed by atoms with Crippen LogP contribution in [-0.4, -0.2) is 57.9 Å². The summed E-state index contributed by atoms with van der Waals surface area (Å²) >= 11 is 0. The van der Waals surface area contributed by atoms with Crippen LogP contribution in [0.4, 0.5) is 4.39 Å². The molecule has 1 heterocycles. The lowest BCUT2D eigenvalue weighted by Gasteiger charge is -2.21. The van der Waals surface area contributed by atoms with Crippen LogP contribution in [0.3, 0.4) is 0 Å². The molecule has 1 aromatic rings. The molecule has 25 heavy (non-hydrogen) atoms. The van der Waals surface area contributed by atoms with Crippen LogP contribution in [0.15, 0.2) is 29.3 Å². The van der Waals surface area contributed by atoms with Crippen molar-refractivity contribution in [1.82, 2.24) is 10.2 Å². The quantitative estimate of drug-likeness (QED) is 0.278. The zero-order valence-corrected chi connectivity index (χ0v) is 17.4. The van der Waals surface area contributed by atoms with Crippen molar-refractivity contribution in [3.8, 4) is 5.75 Å². The first-order chi connectivity index (χ1) is 11.7. The summed E-state index contributed by atoms with van der Waals surface area (Å²) < 4.78 is 23.6. The number of hydrogen-bond acceptors (Lipinski definition) is 3. The summed E-state index contributed by atoms with van der Waals surface area (Å²) in [5.74, 6) is 2.03. The van der Waals surface area contributed by atoms with Gasteiger partial charge in [0, 0.05) is 39.7 Å². The second kappa shape index (κ2) is 12.3. The van der Waals surface area contributed by atoms with Crippen molar-refractivity contribution < 1.29 is 13.9 Å². The number of nitrogens with zero attached hydrogens (tertiary/aromatic N) is 2. The van der Waals surface area contributed by atoms with Gasteiger partial charge in [-0.25, -0.2) is 4.39 Å². The monoisotopic (exact) mass is 465 g/mol. The zero-order chi connectivity index (χ0) is 17.2. The van der Waals surface area contributed by atoms with Crippen LogP contribution in [0.5, 0.6) is 5.75 Å². The van der Waals surface area contributed by atoms with Crippen LogP contribution < -0.4 is 10.1 Å². The van der Waals surface area contributed by atoms with Crippen molar-refractivity contribution in [2.24, 2.45) is 10.9 Å². The Morgan fingerprint density at radius 2 is 2.08 bits per heavy atom. The van der Waals surface area contributed by atoms with Gasteiger partial charge in [-0.15, -0.1) is 24.0 Å². The molecule has 0 aliphatic carbocycles. The van der Waals surface area contributed by atoms with Crippen LogP contribution in [0.1, 0.15) is 19.3 Å². The molecule has 1 N–H and O–H groups in total. The van der Waals surface area contributed by atoms with Gasteiger partial charge in [-0.05, 0) is 43.5 Å². The van der Waals surface area contributed by atoms with E-state index in [1.807, 2.05) is 7.05 Å². The molecule has 1 atom stereocenters. The van der Waals surface area contributed by atoms with E-state index in [-0.39, 0.29) is 29.8 Å². The topological polar surface area (TPSA) is 46.1 Å². The first kappa shape index (κ1) is 22.0. The zero-order valence-electron chi connectivity index (χ0n) is 15.0. The standard InChI is InChI=1S/C18H28FN3O2.HI/c1-20-18(22-11-9-15(13-22)14-23-2)21-10-3-4-12-24-17-7-5-16(19)6-8-17;/h5-8,15H,3-4,9-14H2,1-2H3,(H,20,21);1H. The highest BCUT2D eigenvalue weighted by Crippen LogP contribution is 2.16. The number of hydrogen-bond donors (Lipinski definition) is 1. The first-order valence-corrected chi connectivity index (χ1v) is 8.56. The van der Waals surface area contributed by atoms with E-state index in [1.54, 1.807) is 19.2 Å². The number of guanidine groups is 1. The average Bonchev–Trinajstić information content (AvgIpc) is 3.05. The van der Waals surface area contributed by atoms with E-state index < -0.39 is 0 Å². The average molecular weight is 465 g/mol. The summed E-state index contributed by atoms with van der Waals surface area (Å²) in [5, 5.41) is 3.41. The fourth-order valence-electron chi connectivity index (χ4n) is 2.88. The largest absolute Gasteiger partial charge is 0.494 e. The molecule has 142 valence electrons. The van der Waals surface area contributed by atoms with Gasteiger partial charge in [0.15, 0.2) is 5.96 Å². The molecule has 1 unspecified atom stereocenters. The smallest absolute Gasteiger partial charge is 0.193 e. The molecule has 1 aromatic carbocycles. The van der Waals surface area contributed by atoms with Gasteiger partial charge in [-0.3, -0.25) is 4.99 Å². The maximum atomic E-state index is 12.8. The Bertz CT molecular complexity index is 514. The van der Waals surface area contributed by atoms with E-state index in [9.17, 15) is 4.39 Å². The van der Waals surface area contributed by atoms with Gasteiger partial charge >= 0.3 is 0 Å². The van der Waals surface area contributed by atoms with Crippen LogP contribution in [0, 0.1) is 11.7 Å². The lowest BCUT2D eigenvalue weighted by molar-refractivity contribution is 0.157. The lowest BCUT2D eigenvalue weighted by Crippen LogP contribution is -2.40. The van der Waals surface area contributed by atoms with E-state index in [1.165, 1.54) is 12.1 Å². The fraction of sp³-hybridized carbons (Fsp3) is 0.611. The molecule has 0 amide bonds. The molecule has 5 nitrogen and oxygen atoms in total. The molecule has 1 fully saturated rings. The number of likely N-dealkylation sites (tertiary alicyclic amines) is 1. The van der Waals surface area contributed by atoms with Crippen molar-refractivity contribution in [3.05, 3.63) is 30.1 Å². The third kappa shape index (κ3) is 7.77. The molecule has 1 aliphatic heterocycles. The number of unbranched alkanes of at least 4 members (excludes halogenated alkanes) is 1. The number of rotatable bonds is 8. The second-order valence-electron chi connectivity index (χ2n) is 6.04. The Balaban J connectivity index is 0.00000312. The summed E-state index contributed by atoms with van der Waals surface area (Å²) in [7, 11) is 3.58. The van der Waals surface area contributed by atoms with Crippen molar-refractivity contribution >= 4 is 29.9 Å². The Hall–Kier alpha value is -1.09. The van der Waals surface area contributed by atoms with Crippen LogP contribution in [-0.2, 0) is 4.74 Å². The SMILES string of the molecule is CN=C(NCCCCOc1ccc(F)cc1)N1CCC(COC)C1.I. The summed E-state index contributed by atoms with van der Waals surface area (Å²) in [6.45, 7) is 4.34. The minimum Gasteiger partial charge on any atom is -0.494 e. The number of benzene rings is 1. The maximum Gasteiger partial charge on any atom is 0.193 e. The Labute approximate surface area is 167 Å². The molecular formula is C18H29FIN3O2. The highest BCUT2D eigenvalue weighted by molar-refractivity contribution is 14.0. The number of ether oxygens (including phenoxy) is 2. The normalized spacial score (nSPS) is 17.3. The Morgan fingerprint density at radius 1 is 1.32 bits per heavy atom. The van der Waals surface area contributed by atoms with Gasteiger partial charge in [-0.1, -0.05) is 0 Å². The Morgan fingerprint density at radius 3 is 2.76 bits per heavy atom. The summed E-state index contributed by atoms with van der Waals surface area (Å²) in [6, 6.07) is 6.13. The van der Waals surface area contributed by atoms with Gasteiger partial charge in [-0.2, -0.15) is 0 Å². The van der Waals surface area contributed by atoms with E-state index in [2.05, 4.69) is 15.2 Å². The van der Waals surface area contributed by atoms with E-state index >= 15 is 0 Å². The number of halogens is 2. The predicted octanol–water partition coefficient (Wildman–Crippen LogP) is 3.15. The molecule has 2 rings (SSSR count). The number of nitrogens with one attached hydrogen (secondary N) is 1. The van der Waals surface area contributed by atoms with Crippen LogP contribution in [0.25, 0.3) is 0 Å². The van der Waals surface area contributed by atoms with Gasteiger partial charge < -0.3 is 19.7 Å². The minimum atomic E-state index is -0.243. The van der Waals surface area contributed by atoms with Gasteiger partial charge in [0.1, 0.15) is 11.6 Å². The third-order valence-electron chi connectivity index (χ3n) is 4.14. The van der Waals surface area contributed by atoms with Crippen molar-refractivity contribution in [2.75, 3.05) is 47.0 Å². The molecule has 7 heteroatoms. The minimum absolute atomic E-state index is 0. The molecule has 0 saturated carbocycles. The lowest BCUT2D eigenvalue weighted by atomic mass is 10.1. The molecule has 0 spiro atoms. The van der Waals surface area contributed by atoms with E-state index in [0.29, 0.717) is 18.3 Å². The fourth-order valence-corrected chi connectivity index (χ4v) is 2.88. The van der Waals surface area contributed by atoms with Gasteiger partial charge in [0.25, 0.3) is 0 Å². The summed E-state index contributed by atoms with van der Waals surface area (Å²) in [5.41, 5.74) is 0. The third-order valence-corrected chi connectivity index (χ3v) is 4.14. The molecule has 1 aliphatic rings. The van der Waals surface area contributed by atoms with Crippen molar-refractivity contribution in [1.29, 1.82) is 0 Å². The number of aliphatic imine (C=N–C) groups is 1. The second-order valence-corrected chi connectivity index (χ2v) is 6.04. The molecule has 0 bridgehead atoms. The van der Waals surface area contributed by atoms with Gasteiger partial charge in [0.05, 0.1) is 13.2 Å². The maximum absolute atomic E-state index is 12.8. The van der Waals surface area contributed by atoms with Crippen LogP contribution in [0.2, 0.25) is 0 Å².